The van der Waals surface area contributed by atoms with Gasteiger partial charge in [0.25, 0.3) is 0 Å². The van der Waals surface area contributed by atoms with Gasteiger partial charge in [0, 0.05) is 31.7 Å². The van der Waals surface area contributed by atoms with Gasteiger partial charge in [0.2, 0.25) is 0 Å². The number of tetrazole rings is 1. The fraction of sp³-hybridized carbons (Fsp3) is 0.348. The Morgan fingerprint density at radius 2 is 1.94 bits per heavy atom. The molecule has 1 aliphatic carbocycles. The van der Waals surface area contributed by atoms with Gasteiger partial charge in [0.1, 0.15) is 17.9 Å². The Hall–Kier alpha value is -3.82. The van der Waals surface area contributed by atoms with E-state index in [2.05, 4.69) is 37.8 Å². The van der Waals surface area contributed by atoms with Crippen LogP contribution >= 0.6 is 0 Å². The quantitative estimate of drug-likeness (QED) is 0.429. The van der Waals surface area contributed by atoms with E-state index in [1.165, 1.54) is 12.1 Å². The summed E-state index contributed by atoms with van der Waals surface area (Å²) >= 11 is 0. The summed E-state index contributed by atoms with van der Waals surface area (Å²) in [5.41, 5.74) is 2.91. The standard InChI is InChI=1S/C23H25FN8O/c1-30(21-13-19(8-10-22(21)33-2)32-15-26-27-29-32)20-9-5-17(14-31-12-11-25-28-31)23(20)16-3-6-18(24)7-4-16/h3-4,6-8,10-13,15,17,20,23H,5,9,14H2,1-2H3/t17-,20+,23-/m1/s1. The van der Waals surface area contributed by atoms with Crippen molar-refractivity contribution in [1.82, 2.24) is 35.2 Å². The Balaban J connectivity index is 1.51. The second kappa shape index (κ2) is 8.97. The average Bonchev–Trinajstić information content (AvgIpc) is 3.62. The molecule has 4 aromatic rings. The van der Waals surface area contributed by atoms with Gasteiger partial charge in [-0.1, -0.05) is 17.3 Å². The zero-order valence-corrected chi connectivity index (χ0v) is 18.5. The third kappa shape index (κ3) is 4.15. The average molecular weight is 449 g/mol. The highest BCUT2D eigenvalue weighted by molar-refractivity contribution is 5.63. The normalized spacial score (nSPS) is 20.2. The number of anilines is 1. The van der Waals surface area contributed by atoms with Crippen LogP contribution in [0.1, 0.15) is 24.3 Å². The number of benzene rings is 2. The molecule has 0 radical (unpaired) electrons. The van der Waals surface area contributed by atoms with Crippen molar-refractivity contribution < 1.29 is 9.13 Å². The second-order valence-corrected chi connectivity index (χ2v) is 8.33. The van der Waals surface area contributed by atoms with E-state index in [1.54, 1.807) is 24.3 Å². The van der Waals surface area contributed by atoms with Crippen LogP contribution < -0.4 is 9.64 Å². The first-order valence-corrected chi connectivity index (χ1v) is 10.9. The van der Waals surface area contributed by atoms with Gasteiger partial charge >= 0.3 is 0 Å². The molecule has 3 atom stereocenters. The van der Waals surface area contributed by atoms with Gasteiger partial charge in [-0.3, -0.25) is 4.68 Å². The maximum Gasteiger partial charge on any atom is 0.143 e. The van der Waals surface area contributed by atoms with E-state index < -0.39 is 0 Å². The zero-order valence-electron chi connectivity index (χ0n) is 18.5. The highest BCUT2D eigenvalue weighted by Crippen LogP contribution is 2.45. The van der Waals surface area contributed by atoms with Crippen molar-refractivity contribution in [3.8, 4) is 11.4 Å². The zero-order chi connectivity index (χ0) is 22.8. The van der Waals surface area contributed by atoms with Crippen LogP contribution in [0.4, 0.5) is 10.1 Å². The molecule has 33 heavy (non-hydrogen) atoms. The molecular weight excluding hydrogens is 423 g/mol. The third-order valence-corrected chi connectivity index (χ3v) is 6.56. The number of methoxy groups -OCH3 is 1. The molecule has 0 amide bonds. The van der Waals surface area contributed by atoms with Gasteiger partial charge in [-0.2, -0.15) is 0 Å². The smallest absolute Gasteiger partial charge is 0.143 e. The van der Waals surface area contributed by atoms with Crippen LogP contribution in [0.3, 0.4) is 0 Å². The number of likely N-dealkylation sites (N-methyl/N-ethyl adjacent to an activating group) is 1. The number of hydrogen-bond donors (Lipinski definition) is 0. The first-order valence-electron chi connectivity index (χ1n) is 10.9. The molecular formula is C23H25FN8O. The molecule has 2 aromatic carbocycles. The number of nitrogens with zero attached hydrogens (tertiary/aromatic N) is 8. The van der Waals surface area contributed by atoms with Gasteiger partial charge in [0.15, 0.2) is 0 Å². The molecule has 5 rings (SSSR count). The molecule has 170 valence electrons. The number of hydrogen-bond acceptors (Lipinski definition) is 7. The number of aromatic nitrogens is 7. The van der Waals surface area contributed by atoms with Crippen LogP contribution in [0.2, 0.25) is 0 Å². The Bertz CT molecular complexity index is 1180. The summed E-state index contributed by atoms with van der Waals surface area (Å²) in [4.78, 5) is 2.27. The van der Waals surface area contributed by atoms with E-state index in [9.17, 15) is 4.39 Å². The van der Waals surface area contributed by atoms with Crippen molar-refractivity contribution in [2.45, 2.75) is 31.3 Å². The van der Waals surface area contributed by atoms with Crippen LogP contribution in [0.15, 0.2) is 61.2 Å². The lowest BCUT2D eigenvalue weighted by Gasteiger charge is -2.35. The van der Waals surface area contributed by atoms with E-state index >= 15 is 0 Å². The Morgan fingerprint density at radius 1 is 1.09 bits per heavy atom. The minimum Gasteiger partial charge on any atom is -0.495 e. The molecule has 10 heteroatoms. The highest BCUT2D eigenvalue weighted by atomic mass is 19.1. The van der Waals surface area contributed by atoms with Crippen LogP contribution in [-0.4, -0.2) is 55.4 Å². The predicted molar refractivity (Wildman–Crippen MR) is 120 cm³/mol. The molecule has 0 unspecified atom stereocenters. The Labute approximate surface area is 190 Å². The number of rotatable bonds is 7. The number of ether oxygens (including phenoxy) is 1. The predicted octanol–water partition coefficient (Wildman–Crippen LogP) is 3.10. The van der Waals surface area contributed by atoms with Crippen LogP contribution in [0, 0.1) is 11.7 Å². The summed E-state index contributed by atoms with van der Waals surface area (Å²) in [6, 6.07) is 12.9. The molecule has 0 N–H and O–H groups in total. The minimum atomic E-state index is -0.231. The van der Waals surface area contributed by atoms with Gasteiger partial charge < -0.3 is 9.64 Å². The van der Waals surface area contributed by atoms with Crippen molar-refractivity contribution in [3.05, 3.63) is 72.6 Å². The molecule has 0 saturated heterocycles. The van der Waals surface area contributed by atoms with E-state index in [0.717, 1.165) is 42.1 Å². The Kier molecular flexibility index (Phi) is 5.72. The highest BCUT2D eigenvalue weighted by Gasteiger charge is 2.40. The van der Waals surface area contributed by atoms with Gasteiger partial charge in [-0.15, -0.1) is 10.2 Å². The summed E-state index contributed by atoms with van der Waals surface area (Å²) in [6.45, 7) is 0.758. The van der Waals surface area contributed by atoms with Crippen molar-refractivity contribution in [2.75, 3.05) is 19.1 Å². The van der Waals surface area contributed by atoms with E-state index in [0.29, 0.717) is 5.92 Å². The fourth-order valence-corrected chi connectivity index (χ4v) is 5.00. The van der Waals surface area contributed by atoms with E-state index in [4.69, 9.17) is 4.74 Å². The Morgan fingerprint density at radius 3 is 2.64 bits per heavy atom. The maximum absolute atomic E-state index is 13.7. The van der Waals surface area contributed by atoms with Crippen LogP contribution in [0.5, 0.6) is 5.75 Å². The van der Waals surface area contributed by atoms with E-state index in [-0.39, 0.29) is 17.8 Å². The monoisotopic (exact) mass is 448 g/mol. The summed E-state index contributed by atoms with van der Waals surface area (Å²) in [6.07, 6.45) is 7.15. The van der Waals surface area contributed by atoms with Crippen molar-refractivity contribution in [2.24, 2.45) is 5.92 Å². The topological polar surface area (TPSA) is 86.8 Å². The summed E-state index contributed by atoms with van der Waals surface area (Å²) in [5, 5.41) is 19.6. The van der Waals surface area contributed by atoms with Crippen molar-refractivity contribution in [1.29, 1.82) is 0 Å². The van der Waals surface area contributed by atoms with Gasteiger partial charge in [-0.05, 0) is 65.1 Å². The molecule has 9 nitrogen and oxygen atoms in total. The molecule has 1 saturated carbocycles. The minimum absolute atomic E-state index is 0.182. The molecule has 2 heterocycles. The largest absolute Gasteiger partial charge is 0.495 e. The molecule has 0 spiro atoms. The summed E-state index contributed by atoms with van der Waals surface area (Å²) in [5.74, 6) is 1.05. The van der Waals surface area contributed by atoms with E-state index in [1.807, 2.05) is 41.2 Å². The van der Waals surface area contributed by atoms with Crippen molar-refractivity contribution in [3.63, 3.8) is 0 Å². The molecule has 1 aliphatic rings. The molecule has 2 aromatic heterocycles. The van der Waals surface area contributed by atoms with Crippen molar-refractivity contribution >= 4 is 5.69 Å². The van der Waals surface area contributed by atoms with Crippen LogP contribution in [0.25, 0.3) is 5.69 Å². The molecule has 0 aliphatic heterocycles. The molecule has 1 fully saturated rings. The lowest BCUT2D eigenvalue weighted by atomic mass is 9.85. The first kappa shape index (κ1) is 21.0. The third-order valence-electron chi connectivity index (χ3n) is 6.56. The summed E-state index contributed by atoms with van der Waals surface area (Å²) in [7, 11) is 3.75. The number of halogens is 1. The SMILES string of the molecule is COc1ccc(-n2cnnn2)cc1N(C)[C@H]1CC[C@H](Cn2ccnn2)[C@H]1c1ccc(F)cc1. The lowest BCUT2D eigenvalue weighted by Crippen LogP contribution is -2.36. The summed E-state index contributed by atoms with van der Waals surface area (Å²) < 4.78 is 22.9. The van der Waals surface area contributed by atoms with Crippen LogP contribution in [-0.2, 0) is 6.54 Å². The van der Waals surface area contributed by atoms with Gasteiger partial charge in [-0.25, -0.2) is 9.07 Å². The lowest BCUT2D eigenvalue weighted by molar-refractivity contribution is 0.371. The maximum atomic E-state index is 13.7. The fourth-order valence-electron chi connectivity index (χ4n) is 5.00. The van der Waals surface area contributed by atoms with Gasteiger partial charge in [0.05, 0.1) is 24.7 Å². The molecule has 0 bridgehead atoms. The first-order chi connectivity index (χ1) is 16.1. The second-order valence-electron chi connectivity index (χ2n) is 8.33.